The normalized spacial score (nSPS) is 12.3. The Morgan fingerprint density at radius 2 is 1.73 bits per heavy atom. The molecule has 10 heteroatoms. The third kappa shape index (κ3) is 5.33. The van der Waals surface area contributed by atoms with Crippen molar-refractivity contribution in [3.63, 3.8) is 0 Å². The Morgan fingerprint density at radius 1 is 1.10 bits per heavy atom. The lowest BCUT2D eigenvalue weighted by Gasteiger charge is -2.18. The van der Waals surface area contributed by atoms with Gasteiger partial charge in [0.2, 0.25) is 15.2 Å². The second-order valence-corrected chi connectivity index (χ2v) is 9.74. The molecule has 1 heterocycles. The number of aromatic nitrogens is 2. The van der Waals surface area contributed by atoms with Gasteiger partial charge in [0, 0.05) is 12.6 Å². The summed E-state index contributed by atoms with van der Waals surface area (Å²) in [5.41, 5.74) is 2.58. The van der Waals surface area contributed by atoms with Gasteiger partial charge >= 0.3 is 0 Å². The van der Waals surface area contributed by atoms with Crippen LogP contribution in [0.15, 0.2) is 48.5 Å². The number of aryl methyl sites for hydroxylation is 1. The highest BCUT2D eigenvalue weighted by atomic mass is 32.2. The van der Waals surface area contributed by atoms with Crippen LogP contribution in [0.4, 0.5) is 10.8 Å². The zero-order chi connectivity index (χ0) is 21.9. The number of hydrogen-bond donors (Lipinski definition) is 1. The lowest BCUT2D eigenvalue weighted by Crippen LogP contribution is -2.30. The Morgan fingerprint density at radius 3 is 2.33 bits per heavy atom. The molecule has 1 N–H and O–H groups in total. The second-order valence-electron chi connectivity index (χ2n) is 6.75. The molecule has 3 aromatic rings. The van der Waals surface area contributed by atoms with Gasteiger partial charge in [-0.3, -0.25) is 14.4 Å². The van der Waals surface area contributed by atoms with E-state index in [9.17, 15) is 13.2 Å². The number of ether oxygens (including phenoxy) is 1. The van der Waals surface area contributed by atoms with Gasteiger partial charge in [0.05, 0.1) is 11.9 Å². The smallest absolute Gasteiger partial charge is 0.266 e. The first-order chi connectivity index (χ1) is 14.1. The van der Waals surface area contributed by atoms with Crippen LogP contribution >= 0.6 is 11.3 Å². The summed E-state index contributed by atoms with van der Waals surface area (Å²) in [6, 6.07) is 14.3. The lowest BCUT2D eigenvalue weighted by molar-refractivity contribution is -0.122. The molecule has 1 aromatic heterocycles. The molecule has 0 saturated carbocycles. The van der Waals surface area contributed by atoms with Crippen molar-refractivity contribution in [3.8, 4) is 16.3 Å². The molecule has 0 saturated heterocycles. The number of sulfonamides is 1. The predicted octanol–water partition coefficient (Wildman–Crippen LogP) is 3.32. The molecule has 30 heavy (non-hydrogen) atoms. The van der Waals surface area contributed by atoms with Crippen molar-refractivity contribution in [2.24, 2.45) is 0 Å². The fourth-order valence-electron chi connectivity index (χ4n) is 2.48. The molecule has 3 rings (SSSR count). The zero-order valence-electron chi connectivity index (χ0n) is 17.0. The summed E-state index contributed by atoms with van der Waals surface area (Å²) in [6.45, 7) is 3.63. The van der Waals surface area contributed by atoms with Crippen LogP contribution in [0.1, 0.15) is 12.5 Å². The summed E-state index contributed by atoms with van der Waals surface area (Å²) < 4.78 is 30.0. The highest BCUT2D eigenvalue weighted by Gasteiger charge is 2.18. The number of benzene rings is 2. The van der Waals surface area contributed by atoms with E-state index in [2.05, 4.69) is 15.5 Å². The van der Waals surface area contributed by atoms with Gasteiger partial charge < -0.3 is 4.74 Å². The Kier molecular flexibility index (Phi) is 6.37. The number of carbonyl (C=O) groups excluding carboxylic acids is 1. The van der Waals surface area contributed by atoms with Crippen molar-refractivity contribution in [2.45, 2.75) is 20.0 Å². The number of nitrogens with zero attached hydrogens (tertiary/aromatic N) is 3. The van der Waals surface area contributed by atoms with Crippen LogP contribution in [0.25, 0.3) is 10.6 Å². The molecule has 0 aliphatic rings. The van der Waals surface area contributed by atoms with Crippen molar-refractivity contribution in [1.29, 1.82) is 0 Å². The van der Waals surface area contributed by atoms with Gasteiger partial charge in [0.15, 0.2) is 6.10 Å². The first-order valence-electron chi connectivity index (χ1n) is 9.05. The minimum atomic E-state index is -3.34. The summed E-state index contributed by atoms with van der Waals surface area (Å²) >= 11 is 1.28. The van der Waals surface area contributed by atoms with E-state index < -0.39 is 16.1 Å². The van der Waals surface area contributed by atoms with Gasteiger partial charge in [-0.05, 0) is 38.1 Å². The number of amides is 1. The standard InChI is InChI=1S/C20H22N4O4S2/c1-13-5-7-15(8-6-13)19-22-23-20(29-19)21-18(25)14(2)28-17-11-9-16(10-12-17)24(3)30(4,26)27/h5-12,14H,1-4H3,(H,21,23,25). The Hall–Kier alpha value is -2.98. The van der Waals surface area contributed by atoms with Gasteiger partial charge in [0.1, 0.15) is 10.8 Å². The van der Waals surface area contributed by atoms with Crippen LogP contribution in [-0.2, 0) is 14.8 Å². The number of hydrogen-bond acceptors (Lipinski definition) is 7. The Bertz CT molecular complexity index is 1130. The van der Waals surface area contributed by atoms with Gasteiger partial charge in [-0.25, -0.2) is 8.42 Å². The Labute approximate surface area is 179 Å². The van der Waals surface area contributed by atoms with Gasteiger partial charge in [0.25, 0.3) is 5.91 Å². The molecular formula is C20H22N4O4S2. The van der Waals surface area contributed by atoms with E-state index in [0.29, 0.717) is 21.6 Å². The molecule has 1 atom stereocenters. The van der Waals surface area contributed by atoms with Crippen LogP contribution in [-0.4, -0.2) is 43.9 Å². The molecule has 0 fully saturated rings. The fraction of sp³-hybridized carbons (Fsp3) is 0.250. The summed E-state index contributed by atoms with van der Waals surface area (Å²) in [6.07, 6.45) is 0.344. The topological polar surface area (TPSA) is 101 Å². The maximum Gasteiger partial charge on any atom is 0.266 e. The molecule has 0 radical (unpaired) electrons. The van der Waals surface area contributed by atoms with E-state index in [1.165, 1.54) is 18.4 Å². The molecular weight excluding hydrogens is 424 g/mol. The number of nitrogens with one attached hydrogen (secondary N) is 1. The third-order valence-electron chi connectivity index (χ3n) is 4.33. The van der Waals surface area contributed by atoms with E-state index in [-0.39, 0.29) is 5.91 Å². The van der Waals surface area contributed by atoms with E-state index in [1.54, 1.807) is 31.2 Å². The first-order valence-corrected chi connectivity index (χ1v) is 11.7. The summed E-state index contributed by atoms with van der Waals surface area (Å²) in [7, 11) is -1.88. The van der Waals surface area contributed by atoms with Crippen LogP contribution < -0.4 is 14.4 Å². The van der Waals surface area contributed by atoms with E-state index in [4.69, 9.17) is 4.74 Å². The van der Waals surface area contributed by atoms with E-state index in [0.717, 1.165) is 21.7 Å². The van der Waals surface area contributed by atoms with Crippen molar-refractivity contribution in [2.75, 3.05) is 22.9 Å². The number of rotatable bonds is 7. The lowest BCUT2D eigenvalue weighted by atomic mass is 10.2. The highest BCUT2D eigenvalue weighted by molar-refractivity contribution is 7.92. The molecule has 0 spiro atoms. The van der Waals surface area contributed by atoms with Crippen LogP contribution in [0.2, 0.25) is 0 Å². The maximum absolute atomic E-state index is 12.4. The number of carbonyl (C=O) groups is 1. The minimum absolute atomic E-state index is 0.362. The minimum Gasteiger partial charge on any atom is -0.481 e. The molecule has 1 unspecified atom stereocenters. The molecule has 0 bridgehead atoms. The monoisotopic (exact) mass is 446 g/mol. The van der Waals surface area contributed by atoms with Crippen molar-refractivity contribution >= 4 is 38.1 Å². The second kappa shape index (κ2) is 8.80. The quantitative estimate of drug-likeness (QED) is 0.597. The summed E-state index contributed by atoms with van der Waals surface area (Å²) in [5.74, 6) is 0.0832. The first kappa shape index (κ1) is 21.7. The molecule has 8 nitrogen and oxygen atoms in total. The van der Waals surface area contributed by atoms with E-state index >= 15 is 0 Å². The molecule has 0 aliphatic carbocycles. The molecule has 0 aliphatic heterocycles. The van der Waals surface area contributed by atoms with Crippen LogP contribution in [0.3, 0.4) is 0 Å². The molecule has 2 aromatic carbocycles. The predicted molar refractivity (Wildman–Crippen MR) is 118 cm³/mol. The van der Waals surface area contributed by atoms with Gasteiger partial charge in [-0.1, -0.05) is 41.2 Å². The zero-order valence-corrected chi connectivity index (χ0v) is 18.6. The Balaban J connectivity index is 1.60. The molecule has 1 amide bonds. The average Bonchev–Trinajstić information content (AvgIpc) is 3.16. The van der Waals surface area contributed by atoms with Gasteiger partial charge in [-0.2, -0.15) is 0 Å². The van der Waals surface area contributed by atoms with E-state index in [1.807, 2.05) is 31.2 Å². The largest absolute Gasteiger partial charge is 0.481 e. The fourth-order valence-corrected chi connectivity index (χ4v) is 3.73. The van der Waals surface area contributed by atoms with Crippen molar-refractivity contribution < 1.29 is 17.9 Å². The maximum atomic E-state index is 12.4. The van der Waals surface area contributed by atoms with Gasteiger partial charge in [-0.15, -0.1) is 10.2 Å². The van der Waals surface area contributed by atoms with Crippen molar-refractivity contribution in [3.05, 3.63) is 54.1 Å². The number of anilines is 2. The van der Waals surface area contributed by atoms with Crippen molar-refractivity contribution in [1.82, 2.24) is 10.2 Å². The van der Waals surface area contributed by atoms with Crippen LogP contribution in [0, 0.1) is 6.92 Å². The van der Waals surface area contributed by atoms with Crippen LogP contribution in [0.5, 0.6) is 5.75 Å². The summed E-state index contributed by atoms with van der Waals surface area (Å²) in [4.78, 5) is 12.4. The SMILES string of the molecule is Cc1ccc(-c2nnc(NC(=O)C(C)Oc3ccc(N(C)S(C)(=O)=O)cc3)s2)cc1. The third-order valence-corrected chi connectivity index (χ3v) is 6.43. The summed E-state index contributed by atoms with van der Waals surface area (Å²) in [5, 5.41) is 11.9. The molecule has 158 valence electrons. The average molecular weight is 447 g/mol. The highest BCUT2D eigenvalue weighted by Crippen LogP contribution is 2.27.